The number of rotatable bonds is 4. The molecule has 0 aliphatic carbocycles. The largest absolute Gasteiger partial charge is 0.439 e. The molecule has 0 fully saturated rings. The Balaban J connectivity index is 2.34. The van der Waals surface area contributed by atoms with Gasteiger partial charge in [0, 0.05) is 17.7 Å². The molecule has 0 atom stereocenters. The Morgan fingerprint density at radius 3 is 2.65 bits per heavy atom. The van der Waals surface area contributed by atoms with Gasteiger partial charge in [-0.15, -0.1) is 0 Å². The molecule has 8 nitrogen and oxygen atoms in total. The maximum Gasteiger partial charge on any atom is 0.272 e. The fourth-order valence-corrected chi connectivity index (χ4v) is 1.67. The van der Waals surface area contributed by atoms with E-state index >= 15 is 0 Å². The van der Waals surface area contributed by atoms with Crippen molar-refractivity contribution in [2.75, 3.05) is 5.43 Å². The van der Waals surface area contributed by atoms with Gasteiger partial charge in [-0.25, -0.2) is 15.8 Å². The Morgan fingerprint density at radius 1 is 1.25 bits per heavy atom. The summed E-state index contributed by atoms with van der Waals surface area (Å²) in [4.78, 5) is 18.2. The highest BCUT2D eigenvalue weighted by molar-refractivity contribution is 5.50. The van der Waals surface area contributed by atoms with Crippen LogP contribution in [0.5, 0.6) is 11.6 Å². The van der Waals surface area contributed by atoms with Crippen LogP contribution in [0.1, 0.15) is 11.1 Å². The van der Waals surface area contributed by atoms with Gasteiger partial charge in [-0.2, -0.15) is 0 Å². The molecule has 1 aromatic heterocycles. The number of hydrogen-bond acceptors (Lipinski definition) is 7. The Morgan fingerprint density at radius 2 is 2.00 bits per heavy atom. The van der Waals surface area contributed by atoms with Gasteiger partial charge < -0.3 is 10.2 Å². The van der Waals surface area contributed by atoms with E-state index in [1.807, 2.05) is 0 Å². The summed E-state index contributed by atoms with van der Waals surface area (Å²) in [5.74, 6) is 6.45. The fourth-order valence-electron chi connectivity index (χ4n) is 1.67. The van der Waals surface area contributed by atoms with Crippen molar-refractivity contribution in [2.24, 2.45) is 5.84 Å². The molecule has 0 spiro atoms. The van der Waals surface area contributed by atoms with E-state index in [0.717, 1.165) is 0 Å². The number of nitrogens with one attached hydrogen (secondary N) is 1. The summed E-state index contributed by atoms with van der Waals surface area (Å²) in [6, 6.07) is 4.59. The molecule has 0 aliphatic rings. The zero-order chi connectivity index (χ0) is 14.7. The molecule has 3 N–H and O–H groups in total. The van der Waals surface area contributed by atoms with Crippen molar-refractivity contribution in [3.8, 4) is 11.6 Å². The molecular formula is C12H13N5O3. The summed E-state index contributed by atoms with van der Waals surface area (Å²) in [5.41, 5.74) is 3.60. The first-order valence-electron chi connectivity index (χ1n) is 5.73. The lowest BCUT2D eigenvalue weighted by Gasteiger charge is -2.09. The number of ether oxygens (including phenoxy) is 1. The zero-order valence-corrected chi connectivity index (χ0v) is 11.0. The third-order valence-corrected chi connectivity index (χ3v) is 2.69. The highest BCUT2D eigenvalue weighted by Crippen LogP contribution is 2.30. The van der Waals surface area contributed by atoms with Crippen LogP contribution in [-0.2, 0) is 0 Å². The molecule has 0 saturated carbocycles. The average Bonchev–Trinajstić information content (AvgIpc) is 2.42. The van der Waals surface area contributed by atoms with Crippen molar-refractivity contribution < 1.29 is 9.66 Å². The van der Waals surface area contributed by atoms with E-state index in [0.29, 0.717) is 28.6 Å². The van der Waals surface area contributed by atoms with E-state index < -0.39 is 4.92 Å². The molecule has 0 saturated heterocycles. The Kier molecular flexibility index (Phi) is 3.76. The van der Waals surface area contributed by atoms with Gasteiger partial charge in [-0.05, 0) is 25.5 Å². The van der Waals surface area contributed by atoms with Crippen LogP contribution in [0.15, 0.2) is 24.5 Å². The monoisotopic (exact) mass is 275 g/mol. The minimum atomic E-state index is -0.423. The van der Waals surface area contributed by atoms with E-state index in [4.69, 9.17) is 10.6 Å². The third kappa shape index (κ3) is 2.81. The number of hydrogen-bond donors (Lipinski definition) is 2. The topological polar surface area (TPSA) is 116 Å². The van der Waals surface area contributed by atoms with Crippen LogP contribution in [0.3, 0.4) is 0 Å². The normalized spacial score (nSPS) is 10.2. The van der Waals surface area contributed by atoms with E-state index in [-0.39, 0.29) is 5.69 Å². The van der Waals surface area contributed by atoms with Gasteiger partial charge >= 0.3 is 0 Å². The van der Waals surface area contributed by atoms with Crippen molar-refractivity contribution in [1.29, 1.82) is 0 Å². The fraction of sp³-hybridized carbons (Fsp3) is 0.167. The third-order valence-electron chi connectivity index (χ3n) is 2.69. The Hall–Kier alpha value is -2.74. The van der Waals surface area contributed by atoms with Crippen molar-refractivity contribution in [3.63, 3.8) is 0 Å². The first-order chi connectivity index (χ1) is 9.51. The highest BCUT2D eigenvalue weighted by Gasteiger charge is 2.14. The molecule has 20 heavy (non-hydrogen) atoms. The molecule has 2 rings (SSSR count). The minimum absolute atomic E-state index is 0.0573. The van der Waals surface area contributed by atoms with E-state index in [1.165, 1.54) is 18.5 Å². The smallest absolute Gasteiger partial charge is 0.272 e. The molecular weight excluding hydrogens is 262 g/mol. The second-order valence-corrected chi connectivity index (χ2v) is 4.15. The number of nitro groups is 1. The molecule has 1 aromatic carbocycles. The molecule has 0 radical (unpaired) electrons. The van der Waals surface area contributed by atoms with Gasteiger partial charge in [0.05, 0.1) is 4.92 Å². The SMILES string of the molecule is Cc1cc([N+](=O)[O-])c(C)cc1Oc1cc(NN)ncn1. The molecule has 104 valence electrons. The maximum absolute atomic E-state index is 10.8. The van der Waals surface area contributed by atoms with Gasteiger partial charge in [0.1, 0.15) is 17.9 Å². The second kappa shape index (κ2) is 5.49. The van der Waals surface area contributed by atoms with Crippen LogP contribution < -0.4 is 16.0 Å². The molecule has 2 aromatic rings. The van der Waals surface area contributed by atoms with Gasteiger partial charge in [-0.1, -0.05) is 0 Å². The van der Waals surface area contributed by atoms with Crippen molar-refractivity contribution >= 4 is 11.5 Å². The summed E-state index contributed by atoms with van der Waals surface area (Å²) in [7, 11) is 0. The first kappa shape index (κ1) is 13.7. The summed E-state index contributed by atoms with van der Waals surface area (Å²) in [6.45, 7) is 3.38. The summed E-state index contributed by atoms with van der Waals surface area (Å²) in [5, 5.41) is 10.8. The maximum atomic E-state index is 10.8. The van der Waals surface area contributed by atoms with E-state index in [2.05, 4.69) is 15.4 Å². The van der Waals surface area contributed by atoms with Crippen LogP contribution in [0, 0.1) is 24.0 Å². The Bertz CT molecular complexity index is 660. The number of nitrogens with zero attached hydrogens (tertiary/aromatic N) is 3. The van der Waals surface area contributed by atoms with Crippen LogP contribution in [0.4, 0.5) is 11.5 Å². The van der Waals surface area contributed by atoms with E-state index in [1.54, 1.807) is 19.9 Å². The number of nitrogen functional groups attached to an aromatic ring is 1. The number of nitrogens with two attached hydrogens (primary N) is 1. The van der Waals surface area contributed by atoms with Gasteiger partial charge in [0.25, 0.3) is 5.69 Å². The van der Waals surface area contributed by atoms with E-state index in [9.17, 15) is 10.1 Å². The van der Waals surface area contributed by atoms with Gasteiger partial charge in [0.15, 0.2) is 0 Å². The number of aryl methyl sites for hydroxylation is 2. The van der Waals surface area contributed by atoms with Gasteiger partial charge in [-0.3, -0.25) is 10.1 Å². The second-order valence-electron chi connectivity index (χ2n) is 4.15. The summed E-state index contributed by atoms with van der Waals surface area (Å²) in [6.07, 6.45) is 1.30. The minimum Gasteiger partial charge on any atom is -0.439 e. The predicted octanol–water partition coefficient (Wildman–Crippen LogP) is 2.08. The number of nitro benzene ring substituents is 1. The molecule has 0 aliphatic heterocycles. The van der Waals surface area contributed by atoms with Crippen molar-refractivity contribution in [1.82, 2.24) is 9.97 Å². The first-order valence-corrected chi connectivity index (χ1v) is 5.73. The number of benzene rings is 1. The average molecular weight is 275 g/mol. The molecule has 0 unspecified atom stereocenters. The van der Waals surface area contributed by atoms with Gasteiger partial charge in [0.2, 0.25) is 5.88 Å². The number of hydrazine groups is 1. The number of aromatic nitrogens is 2. The summed E-state index contributed by atoms with van der Waals surface area (Å²) < 4.78 is 5.60. The standard InChI is InChI=1S/C12H13N5O3/c1-7-4-10(8(2)3-9(7)17(18)19)20-12-5-11(16-13)14-6-15-12/h3-6H,13H2,1-2H3,(H,14,15,16). The van der Waals surface area contributed by atoms with Crippen LogP contribution in [0.2, 0.25) is 0 Å². The van der Waals surface area contributed by atoms with Crippen LogP contribution >= 0.6 is 0 Å². The summed E-state index contributed by atoms with van der Waals surface area (Å²) >= 11 is 0. The predicted molar refractivity (Wildman–Crippen MR) is 72.5 cm³/mol. The number of anilines is 1. The molecule has 0 bridgehead atoms. The quantitative estimate of drug-likeness (QED) is 0.498. The highest BCUT2D eigenvalue weighted by atomic mass is 16.6. The van der Waals surface area contributed by atoms with Crippen molar-refractivity contribution in [3.05, 3.63) is 45.8 Å². The lowest BCUT2D eigenvalue weighted by molar-refractivity contribution is -0.385. The lowest BCUT2D eigenvalue weighted by atomic mass is 10.1. The lowest BCUT2D eigenvalue weighted by Crippen LogP contribution is -2.08. The van der Waals surface area contributed by atoms with Crippen molar-refractivity contribution in [2.45, 2.75) is 13.8 Å². The zero-order valence-electron chi connectivity index (χ0n) is 11.0. The molecule has 0 amide bonds. The van der Waals surface area contributed by atoms with Crippen LogP contribution in [-0.4, -0.2) is 14.9 Å². The molecule has 8 heteroatoms. The Labute approximate surface area is 114 Å². The van der Waals surface area contributed by atoms with Crippen LogP contribution in [0.25, 0.3) is 0 Å². The molecule has 1 heterocycles.